The van der Waals surface area contributed by atoms with Gasteiger partial charge in [0, 0.05) is 26.1 Å². The molecule has 0 aromatic heterocycles. The molecule has 0 bridgehead atoms. The van der Waals surface area contributed by atoms with Crippen LogP contribution >= 0.6 is 0 Å². The Bertz CT molecular complexity index is 155. The van der Waals surface area contributed by atoms with Gasteiger partial charge in [-0.05, 0) is 13.3 Å². The van der Waals surface area contributed by atoms with Crippen molar-refractivity contribution in [3.8, 4) is 0 Å². The molecule has 1 aliphatic heterocycles. The highest BCUT2D eigenvalue weighted by Crippen LogP contribution is 2.07. The molecular weight excluding hydrogens is 152 g/mol. The van der Waals surface area contributed by atoms with Crippen LogP contribution in [0.4, 0.5) is 0 Å². The molecule has 0 aromatic carbocycles. The lowest BCUT2D eigenvalue weighted by atomic mass is 10.1. The average molecular weight is 170 g/mol. The monoisotopic (exact) mass is 170 g/mol. The molecule has 0 saturated carbocycles. The summed E-state index contributed by atoms with van der Waals surface area (Å²) in [6.45, 7) is 6.90. The number of nitrogens with one attached hydrogen (secondary N) is 1. The zero-order valence-corrected chi connectivity index (χ0v) is 7.97. The quantitative estimate of drug-likeness (QED) is 0.670. The summed E-state index contributed by atoms with van der Waals surface area (Å²) in [6, 6.07) is 0.467. The maximum absolute atomic E-state index is 11.5. The molecule has 3 heteroatoms. The summed E-state index contributed by atoms with van der Waals surface area (Å²) in [4.78, 5) is 13.5. The van der Waals surface area contributed by atoms with Crippen molar-refractivity contribution in [3.05, 3.63) is 0 Å². The lowest BCUT2D eigenvalue weighted by Gasteiger charge is -2.37. The van der Waals surface area contributed by atoms with Gasteiger partial charge in [0.15, 0.2) is 0 Å². The van der Waals surface area contributed by atoms with Gasteiger partial charge in [0.1, 0.15) is 0 Å². The molecule has 0 atom stereocenters. The fourth-order valence-corrected chi connectivity index (χ4v) is 1.49. The number of hydrogen-bond donors (Lipinski definition) is 1. The summed E-state index contributed by atoms with van der Waals surface area (Å²) in [5, 5.41) is 3.18. The second-order valence-electron chi connectivity index (χ2n) is 3.24. The van der Waals surface area contributed by atoms with E-state index in [9.17, 15) is 4.79 Å². The van der Waals surface area contributed by atoms with Crippen molar-refractivity contribution in [1.82, 2.24) is 10.2 Å². The van der Waals surface area contributed by atoms with E-state index < -0.39 is 0 Å². The van der Waals surface area contributed by atoms with Gasteiger partial charge in [0.25, 0.3) is 0 Å². The van der Waals surface area contributed by atoms with Crippen molar-refractivity contribution in [2.45, 2.75) is 32.7 Å². The van der Waals surface area contributed by atoms with E-state index in [4.69, 9.17) is 0 Å². The number of rotatable bonds is 4. The number of carbonyl (C=O) groups is 1. The smallest absolute Gasteiger partial charge is 0.222 e. The highest BCUT2D eigenvalue weighted by atomic mass is 16.2. The maximum Gasteiger partial charge on any atom is 0.222 e. The summed E-state index contributed by atoms with van der Waals surface area (Å²) in [5.41, 5.74) is 0. The summed E-state index contributed by atoms with van der Waals surface area (Å²) in [6.07, 6.45) is 1.65. The Kier molecular flexibility index (Phi) is 3.53. The standard InChI is InChI=1S/C9H18N2O/c1-3-5-9(12)11(4-2)8-6-10-7-8/h8,10H,3-7H2,1-2H3. The van der Waals surface area contributed by atoms with Gasteiger partial charge in [-0.3, -0.25) is 4.79 Å². The maximum atomic E-state index is 11.5. The molecule has 1 saturated heterocycles. The van der Waals surface area contributed by atoms with Crippen LogP contribution < -0.4 is 5.32 Å². The van der Waals surface area contributed by atoms with Crippen molar-refractivity contribution in [2.75, 3.05) is 19.6 Å². The predicted molar refractivity (Wildman–Crippen MR) is 49.0 cm³/mol. The largest absolute Gasteiger partial charge is 0.337 e. The Morgan fingerprint density at radius 2 is 2.17 bits per heavy atom. The van der Waals surface area contributed by atoms with Gasteiger partial charge in [-0.2, -0.15) is 0 Å². The second-order valence-corrected chi connectivity index (χ2v) is 3.24. The number of amides is 1. The molecule has 3 nitrogen and oxygen atoms in total. The average Bonchev–Trinajstić information content (AvgIpc) is 1.96. The van der Waals surface area contributed by atoms with E-state index in [0.717, 1.165) is 26.1 Å². The molecule has 0 aliphatic carbocycles. The normalized spacial score (nSPS) is 17.2. The zero-order chi connectivity index (χ0) is 8.97. The Morgan fingerprint density at radius 3 is 2.50 bits per heavy atom. The van der Waals surface area contributed by atoms with Gasteiger partial charge in [-0.25, -0.2) is 0 Å². The van der Waals surface area contributed by atoms with Crippen molar-refractivity contribution in [3.63, 3.8) is 0 Å². The van der Waals surface area contributed by atoms with E-state index in [0.29, 0.717) is 18.4 Å². The van der Waals surface area contributed by atoms with Crippen LogP contribution in [0.2, 0.25) is 0 Å². The van der Waals surface area contributed by atoms with Crippen molar-refractivity contribution < 1.29 is 4.79 Å². The van der Waals surface area contributed by atoms with Crippen molar-refractivity contribution >= 4 is 5.91 Å². The highest BCUT2D eigenvalue weighted by molar-refractivity contribution is 5.76. The topological polar surface area (TPSA) is 32.3 Å². The molecular formula is C9H18N2O. The van der Waals surface area contributed by atoms with Crippen LogP contribution in [0.3, 0.4) is 0 Å². The van der Waals surface area contributed by atoms with Gasteiger partial charge in [-0.1, -0.05) is 6.92 Å². The van der Waals surface area contributed by atoms with Crippen LogP contribution in [0.15, 0.2) is 0 Å². The molecule has 0 radical (unpaired) electrons. The molecule has 1 amide bonds. The number of hydrogen-bond acceptors (Lipinski definition) is 2. The summed E-state index contributed by atoms with van der Waals surface area (Å²) in [7, 11) is 0. The van der Waals surface area contributed by atoms with Crippen LogP contribution in [-0.4, -0.2) is 36.5 Å². The summed E-state index contributed by atoms with van der Waals surface area (Å²) in [5.74, 6) is 0.312. The number of likely N-dealkylation sites (N-methyl/N-ethyl adjacent to an activating group) is 1. The summed E-state index contributed by atoms with van der Waals surface area (Å²) < 4.78 is 0. The van der Waals surface area contributed by atoms with Crippen LogP contribution in [0.1, 0.15) is 26.7 Å². The molecule has 12 heavy (non-hydrogen) atoms. The van der Waals surface area contributed by atoms with Crippen LogP contribution in [0, 0.1) is 0 Å². The molecule has 1 heterocycles. The first-order valence-corrected chi connectivity index (χ1v) is 4.79. The Balaban J connectivity index is 2.37. The summed E-state index contributed by atoms with van der Waals surface area (Å²) >= 11 is 0. The SMILES string of the molecule is CCCC(=O)N(CC)C1CNC1. The van der Waals surface area contributed by atoms with Gasteiger partial charge >= 0.3 is 0 Å². The molecule has 1 N–H and O–H groups in total. The molecule has 1 rings (SSSR count). The van der Waals surface area contributed by atoms with E-state index in [1.807, 2.05) is 18.7 Å². The molecule has 1 fully saturated rings. The molecule has 0 unspecified atom stereocenters. The van der Waals surface area contributed by atoms with E-state index in [1.54, 1.807) is 0 Å². The van der Waals surface area contributed by atoms with Crippen LogP contribution in [-0.2, 0) is 4.79 Å². The first-order chi connectivity index (χ1) is 5.79. The third-order valence-corrected chi connectivity index (χ3v) is 2.33. The lowest BCUT2D eigenvalue weighted by Crippen LogP contribution is -2.58. The van der Waals surface area contributed by atoms with Crippen LogP contribution in [0.25, 0.3) is 0 Å². The first kappa shape index (κ1) is 9.52. The van der Waals surface area contributed by atoms with E-state index in [1.165, 1.54) is 0 Å². The van der Waals surface area contributed by atoms with E-state index in [-0.39, 0.29) is 0 Å². The van der Waals surface area contributed by atoms with Crippen molar-refractivity contribution in [1.29, 1.82) is 0 Å². The van der Waals surface area contributed by atoms with E-state index in [2.05, 4.69) is 5.32 Å². The molecule has 0 spiro atoms. The Labute approximate surface area is 74.1 Å². The minimum Gasteiger partial charge on any atom is -0.337 e. The number of carbonyl (C=O) groups excluding carboxylic acids is 1. The predicted octanol–water partition coefficient (Wildman–Crippen LogP) is 0.607. The number of nitrogens with zero attached hydrogens (tertiary/aromatic N) is 1. The minimum absolute atomic E-state index is 0.312. The lowest BCUT2D eigenvalue weighted by molar-refractivity contribution is -0.134. The van der Waals surface area contributed by atoms with Crippen LogP contribution in [0.5, 0.6) is 0 Å². The Hall–Kier alpha value is -0.570. The zero-order valence-electron chi connectivity index (χ0n) is 7.97. The molecule has 0 aromatic rings. The second kappa shape index (κ2) is 4.45. The minimum atomic E-state index is 0.312. The van der Waals surface area contributed by atoms with E-state index >= 15 is 0 Å². The fourth-order valence-electron chi connectivity index (χ4n) is 1.49. The highest BCUT2D eigenvalue weighted by Gasteiger charge is 2.26. The first-order valence-electron chi connectivity index (χ1n) is 4.79. The molecule has 70 valence electrons. The Morgan fingerprint density at radius 1 is 1.50 bits per heavy atom. The van der Waals surface area contributed by atoms with Gasteiger partial charge < -0.3 is 10.2 Å². The van der Waals surface area contributed by atoms with Gasteiger partial charge in [-0.15, -0.1) is 0 Å². The van der Waals surface area contributed by atoms with Crippen molar-refractivity contribution in [2.24, 2.45) is 0 Å². The fraction of sp³-hybridized carbons (Fsp3) is 0.889. The molecule has 1 aliphatic rings. The third kappa shape index (κ3) is 1.97. The third-order valence-electron chi connectivity index (χ3n) is 2.33. The van der Waals surface area contributed by atoms with Gasteiger partial charge in [0.2, 0.25) is 5.91 Å². The van der Waals surface area contributed by atoms with Gasteiger partial charge in [0.05, 0.1) is 6.04 Å².